The maximum absolute atomic E-state index is 9.39. The van der Waals surface area contributed by atoms with Crippen LogP contribution in [0.2, 0.25) is 0 Å². The minimum atomic E-state index is 0.517. The Kier molecular flexibility index (Phi) is 3.93. The van der Waals surface area contributed by atoms with Crippen LogP contribution >= 0.6 is 0 Å². The second-order valence-electron chi connectivity index (χ2n) is 5.70. The number of nitrogens with one attached hydrogen (secondary N) is 1. The van der Waals surface area contributed by atoms with Gasteiger partial charge in [-0.15, -0.1) is 0 Å². The number of nitriles is 1. The van der Waals surface area contributed by atoms with E-state index < -0.39 is 0 Å². The summed E-state index contributed by atoms with van der Waals surface area (Å²) in [5.74, 6) is 2.13. The zero-order valence-corrected chi connectivity index (χ0v) is 13.2. The number of para-hydroxylation sites is 1. The summed E-state index contributed by atoms with van der Waals surface area (Å²) in [6, 6.07) is 9.89. The SMILES string of the molecule is N#Cc1cc2c(nc1NCc1cccc3c1OCCO3)CCOC2. The van der Waals surface area contributed by atoms with Crippen LogP contribution in [-0.4, -0.2) is 24.8 Å². The minimum Gasteiger partial charge on any atom is -0.486 e. The van der Waals surface area contributed by atoms with Gasteiger partial charge in [0, 0.05) is 24.1 Å². The molecule has 0 bridgehead atoms. The lowest BCUT2D eigenvalue weighted by Crippen LogP contribution is -2.18. The molecule has 0 radical (unpaired) electrons. The van der Waals surface area contributed by atoms with Crippen molar-refractivity contribution in [2.75, 3.05) is 25.1 Å². The van der Waals surface area contributed by atoms with Crippen LogP contribution in [0.5, 0.6) is 11.5 Å². The fourth-order valence-corrected chi connectivity index (χ4v) is 2.96. The zero-order valence-electron chi connectivity index (χ0n) is 13.2. The Morgan fingerprint density at radius 3 is 3.04 bits per heavy atom. The monoisotopic (exact) mass is 323 g/mol. The van der Waals surface area contributed by atoms with Crippen molar-refractivity contribution >= 4 is 5.82 Å². The van der Waals surface area contributed by atoms with Gasteiger partial charge in [-0.3, -0.25) is 0 Å². The molecule has 0 saturated heterocycles. The number of hydrogen-bond acceptors (Lipinski definition) is 6. The van der Waals surface area contributed by atoms with Crippen LogP contribution < -0.4 is 14.8 Å². The largest absolute Gasteiger partial charge is 0.486 e. The maximum Gasteiger partial charge on any atom is 0.166 e. The third-order valence-electron chi connectivity index (χ3n) is 4.15. The van der Waals surface area contributed by atoms with E-state index in [1.54, 1.807) is 0 Å². The molecule has 6 heteroatoms. The molecule has 2 aromatic rings. The number of benzene rings is 1. The normalized spacial score (nSPS) is 15.3. The highest BCUT2D eigenvalue weighted by Gasteiger charge is 2.18. The third kappa shape index (κ3) is 2.74. The summed E-state index contributed by atoms with van der Waals surface area (Å²) in [6.45, 7) is 2.82. The van der Waals surface area contributed by atoms with E-state index in [-0.39, 0.29) is 0 Å². The van der Waals surface area contributed by atoms with Gasteiger partial charge in [0.15, 0.2) is 11.5 Å². The molecule has 0 saturated carbocycles. The molecular weight excluding hydrogens is 306 g/mol. The lowest BCUT2D eigenvalue weighted by atomic mass is 10.1. The average molecular weight is 323 g/mol. The highest BCUT2D eigenvalue weighted by Crippen LogP contribution is 2.34. The highest BCUT2D eigenvalue weighted by molar-refractivity contribution is 5.56. The van der Waals surface area contributed by atoms with Crippen LogP contribution in [0.3, 0.4) is 0 Å². The van der Waals surface area contributed by atoms with Gasteiger partial charge < -0.3 is 19.5 Å². The van der Waals surface area contributed by atoms with Crippen molar-refractivity contribution in [3.8, 4) is 17.6 Å². The number of anilines is 1. The molecule has 1 aromatic heterocycles. The molecular formula is C18H17N3O3. The van der Waals surface area contributed by atoms with E-state index in [1.165, 1.54) is 0 Å². The van der Waals surface area contributed by atoms with Gasteiger partial charge in [0.1, 0.15) is 25.1 Å². The maximum atomic E-state index is 9.39. The summed E-state index contributed by atoms with van der Waals surface area (Å²) >= 11 is 0. The Balaban J connectivity index is 1.59. The first-order valence-corrected chi connectivity index (χ1v) is 7.97. The predicted octanol–water partition coefficient (Wildman–Crippen LogP) is 2.41. The van der Waals surface area contributed by atoms with E-state index in [4.69, 9.17) is 14.2 Å². The molecule has 0 spiro atoms. The molecule has 3 heterocycles. The van der Waals surface area contributed by atoms with E-state index in [9.17, 15) is 5.26 Å². The van der Waals surface area contributed by atoms with Crippen LogP contribution in [0.15, 0.2) is 24.3 Å². The molecule has 1 aromatic carbocycles. The van der Waals surface area contributed by atoms with E-state index in [0.29, 0.717) is 44.4 Å². The van der Waals surface area contributed by atoms with Crippen LogP contribution in [0.4, 0.5) is 5.82 Å². The Morgan fingerprint density at radius 2 is 2.12 bits per heavy atom. The van der Waals surface area contributed by atoms with Crippen molar-refractivity contribution in [2.45, 2.75) is 19.6 Å². The summed E-state index contributed by atoms with van der Waals surface area (Å²) < 4.78 is 16.8. The number of pyridine rings is 1. The highest BCUT2D eigenvalue weighted by atomic mass is 16.6. The summed E-state index contributed by atoms with van der Waals surface area (Å²) in [5.41, 5.74) is 3.51. The molecule has 1 N–H and O–H groups in total. The molecule has 122 valence electrons. The van der Waals surface area contributed by atoms with Gasteiger partial charge in [-0.1, -0.05) is 12.1 Å². The molecule has 24 heavy (non-hydrogen) atoms. The molecule has 0 aliphatic carbocycles. The van der Waals surface area contributed by atoms with Gasteiger partial charge in [-0.05, 0) is 12.1 Å². The molecule has 6 nitrogen and oxygen atoms in total. The summed E-state index contributed by atoms with van der Waals surface area (Å²) in [5, 5.41) is 12.7. The standard InChI is InChI=1S/C18H17N3O3/c19-9-13-8-14-11-22-5-4-15(14)21-18(13)20-10-12-2-1-3-16-17(12)24-7-6-23-16/h1-3,8H,4-7,10-11H2,(H,20,21). The number of aromatic nitrogens is 1. The second-order valence-corrected chi connectivity index (χ2v) is 5.70. The van der Waals surface area contributed by atoms with Crippen LogP contribution in [0, 0.1) is 11.3 Å². The topological polar surface area (TPSA) is 76.4 Å². The first kappa shape index (κ1) is 14.8. The molecule has 0 amide bonds. The van der Waals surface area contributed by atoms with Gasteiger partial charge in [-0.25, -0.2) is 4.98 Å². The predicted molar refractivity (Wildman–Crippen MR) is 87.1 cm³/mol. The number of rotatable bonds is 3. The van der Waals surface area contributed by atoms with Crippen molar-refractivity contribution in [1.82, 2.24) is 4.98 Å². The Bertz CT molecular complexity index is 814. The van der Waals surface area contributed by atoms with Crippen molar-refractivity contribution in [2.24, 2.45) is 0 Å². The molecule has 2 aliphatic heterocycles. The van der Waals surface area contributed by atoms with Crippen molar-refractivity contribution < 1.29 is 14.2 Å². The molecule has 4 rings (SSSR count). The molecule has 0 fully saturated rings. The van der Waals surface area contributed by atoms with E-state index in [2.05, 4.69) is 16.4 Å². The Hall–Kier alpha value is -2.78. The first-order chi connectivity index (χ1) is 11.8. The smallest absolute Gasteiger partial charge is 0.166 e. The van der Waals surface area contributed by atoms with E-state index in [0.717, 1.165) is 34.7 Å². The van der Waals surface area contributed by atoms with Crippen LogP contribution in [0.25, 0.3) is 0 Å². The zero-order chi connectivity index (χ0) is 16.4. The van der Waals surface area contributed by atoms with Gasteiger partial charge in [0.05, 0.1) is 24.5 Å². The van der Waals surface area contributed by atoms with Crippen molar-refractivity contribution in [3.63, 3.8) is 0 Å². The molecule has 0 unspecified atom stereocenters. The fraction of sp³-hybridized carbons (Fsp3) is 0.333. The summed E-state index contributed by atoms with van der Waals surface area (Å²) in [6.07, 6.45) is 0.771. The van der Waals surface area contributed by atoms with Gasteiger partial charge in [0.2, 0.25) is 0 Å². The summed E-state index contributed by atoms with van der Waals surface area (Å²) in [7, 11) is 0. The Morgan fingerprint density at radius 1 is 1.21 bits per heavy atom. The first-order valence-electron chi connectivity index (χ1n) is 7.97. The fourth-order valence-electron chi connectivity index (χ4n) is 2.96. The van der Waals surface area contributed by atoms with E-state index >= 15 is 0 Å². The number of hydrogen-bond donors (Lipinski definition) is 1. The third-order valence-corrected chi connectivity index (χ3v) is 4.15. The minimum absolute atomic E-state index is 0.517. The quantitative estimate of drug-likeness (QED) is 0.935. The van der Waals surface area contributed by atoms with Crippen molar-refractivity contribution in [3.05, 3.63) is 46.6 Å². The second kappa shape index (κ2) is 6.38. The van der Waals surface area contributed by atoms with Gasteiger partial charge >= 0.3 is 0 Å². The van der Waals surface area contributed by atoms with E-state index in [1.807, 2.05) is 24.3 Å². The van der Waals surface area contributed by atoms with Crippen LogP contribution in [-0.2, 0) is 24.3 Å². The van der Waals surface area contributed by atoms with Crippen molar-refractivity contribution in [1.29, 1.82) is 5.26 Å². The number of ether oxygens (including phenoxy) is 3. The lowest BCUT2D eigenvalue weighted by molar-refractivity contribution is 0.109. The summed E-state index contributed by atoms with van der Waals surface area (Å²) in [4.78, 5) is 4.63. The Labute approximate surface area is 140 Å². The van der Waals surface area contributed by atoms with Crippen LogP contribution in [0.1, 0.15) is 22.4 Å². The lowest BCUT2D eigenvalue weighted by Gasteiger charge is -2.22. The van der Waals surface area contributed by atoms with Gasteiger partial charge in [0.25, 0.3) is 0 Å². The average Bonchev–Trinajstić information content (AvgIpc) is 2.65. The molecule has 2 aliphatic rings. The number of nitrogens with zero attached hydrogens (tertiary/aromatic N) is 2. The molecule has 0 atom stereocenters. The number of fused-ring (bicyclic) bond motifs is 2. The van der Waals surface area contributed by atoms with Gasteiger partial charge in [-0.2, -0.15) is 5.26 Å².